The lowest BCUT2D eigenvalue weighted by molar-refractivity contribution is 0.0995. The number of hydrogen-bond donors (Lipinski definition) is 2. The maximum Gasteiger partial charge on any atom is 0.267 e. The van der Waals surface area contributed by atoms with E-state index in [0.717, 1.165) is 16.9 Å². The molecule has 3 N–H and O–H groups in total. The molecule has 9 nitrogen and oxygen atoms in total. The van der Waals surface area contributed by atoms with Crippen LogP contribution in [0, 0.1) is 6.92 Å². The van der Waals surface area contributed by atoms with Crippen molar-refractivity contribution < 1.29 is 4.79 Å². The third-order valence-electron chi connectivity index (χ3n) is 4.45. The van der Waals surface area contributed by atoms with Gasteiger partial charge in [0.1, 0.15) is 28.7 Å². The van der Waals surface area contributed by atoms with Crippen LogP contribution in [0.1, 0.15) is 36.2 Å². The third-order valence-corrected chi connectivity index (χ3v) is 4.45. The number of aryl methyl sites for hydroxylation is 1. The second kappa shape index (κ2) is 7.27. The lowest BCUT2D eigenvalue weighted by Crippen LogP contribution is -2.12. The SMILES string of the molecule is Cc1nc2cnc(Nc3ccnc(-c4ccc(C(N)=O)nc4)n3)cc2n1C(C)C. The Morgan fingerprint density at radius 2 is 1.90 bits per heavy atom. The number of primary amides is 1. The average Bonchev–Trinajstić information content (AvgIpc) is 3.03. The highest BCUT2D eigenvalue weighted by molar-refractivity contribution is 5.91. The fourth-order valence-corrected chi connectivity index (χ4v) is 3.21. The highest BCUT2D eigenvalue weighted by Gasteiger charge is 2.12. The van der Waals surface area contributed by atoms with Gasteiger partial charge in [0.05, 0.1) is 11.7 Å². The lowest BCUT2D eigenvalue weighted by atomic mass is 10.2. The van der Waals surface area contributed by atoms with Crippen molar-refractivity contribution in [2.75, 3.05) is 5.32 Å². The molecule has 0 saturated heterocycles. The van der Waals surface area contributed by atoms with Gasteiger partial charge in [-0.3, -0.25) is 9.78 Å². The molecule has 0 aromatic carbocycles. The van der Waals surface area contributed by atoms with Gasteiger partial charge in [-0.15, -0.1) is 0 Å². The maximum absolute atomic E-state index is 11.2. The predicted molar refractivity (Wildman–Crippen MR) is 110 cm³/mol. The number of carbonyl (C=O) groups is 1. The number of aromatic nitrogens is 6. The summed E-state index contributed by atoms with van der Waals surface area (Å²) in [7, 11) is 0. The molecule has 0 radical (unpaired) electrons. The van der Waals surface area contributed by atoms with Crippen LogP contribution in [0.25, 0.3) is 22.4 Å². The Labute approximate surface area is 167 Å². The van der Waals surface area contributed by atoms with Crippen molar-refractivity contribution in [2.24, 2.45) is 5.73 Å². The first-order valence-electron chi connectivity index (χ1n) is 9.13. The van der Waals surface area contributed by atoms with Crippen molar-refractivity contribution in [3.8, 4) is 11.4 Å². The van der Waals surface area contributed by atoms with E-state index in [-0.39, 0.29) is 11.7 Å². The molecule has 0 aliphatic rings. The molecule has 146 valence electrons. The minimum absolute atomic E-state index is 0.192. The van der Waals surface area contributed by atoms with Crippen LogP contribution in [-0.4, -0.2) is 35.4 Å². The number of nitrogens with two attached hydrogens (primary N) is 1. The highest BCUT2D eigenvalue weighted by atomic mass is 16.1. The lowest BCUT2D eigenvalue weighted by Gasteiger charge is -2.11. The molecule has 0 saturated carbocycles. The Kier molecular flexibility index (Phi) is 4.63. The van der Waals surface area contributed by atoms with E-state index in [1.165, 1.54) is 6.20 Å². The van der Waals surface area contributed by atoms with Gasteiger partial charge in [0, 0.05) is 30.1 Å². The molecule has 4 rings (SSSR count). The van der Waals surface area contributed by atoms with Gasteiger partial charge < -0.3 is 15.6 Å². The minimum Gasteiger partial charge on any atom is -0.364 e. The summed E-state index contributed by atoms with van der Waals surface area (Å²) in [5.41, 5.74) is 7.96. The summed E-state index contributed by atoms with van der Waals surface area (Å²) in [6, 6.07) is 7.26. The molecule has 1 amide bonds. The van der Waals surface area contributed by atoms with Gasteiger partial charge in [-0.1, -0.05) is 0 Å². The van der Waals surface area contributed by atoms with Crippen molar-refractivity contribution in [1.29, 1.82) is 0 Å². The number of amides is 1. The van der Waals surface area contributed by atoms with E-state index >= 15 is 0 Å². The van der Waals surface area contributed by atoms with Crippen molar-refractivity contribution in [3.05, 3.63) is 54.4 Å². The summed E-state index contributed by atoms with van der Waals surface area (Å²) >= 11 is 0. The van der Waals surface area contributed by atoms with Crippen LogP contribution in [0.2, 0.25) is 0 Å². The molecule has 4 aromatic rings. The Bertz CT molecular complexity index is 1200. The number of carbonyl (C=O) groups excluding carboxylic acids is 1. The van der Waals surface area contributed by atoms with Crippen LogP contribution < -0.4 is 11.1 Å². The number of hydrogen-bond acceptors (Lipinski definition) is 7. The zero-order chi connectivity index (χ0) is 20.5. The summed E-state index contributed by atoms with van der Waals surface area (Å²) in [6.45, 7) is 6.23. The van der Waals surface area contributed by atoms with Gasteiger partial charge >= 0.3 is 0 Å². The number of rotatable bonds is 5. The Balaban J connectivity index is 1.64. The van der Waals surface area contributed by atoms with Crippen LogP contribution in [0.4, 0.5) is 11.6 Å². The van der Waals surface area contributed by atoms with E-state index in [0.29, 0.717) is 23.0 Å². The second-order valence-electron chi connectivity index (χ2n) is 6.87. The van der Waals surface area contributed by atoms with Crippen molar-refractivity contribution >= 4 is 28.6 Å². The van der Waals surface area contributed by atoms with E-state index in [1.807, 2.05) is 13.0 Å². The Morgan fingerprint density at radius 3 is 2.59 bits per heavy atom. The first-order valence-corrected chi connectivity index (χ1v) is 9.13. The number of pyridine rings is 2. The normalized spacial score (nSPS) is 11.2. The molecule has 0 bridgehead atoms. The van der Waals surface area contributed by atoms with Gasteiger partial charge in [0.2, 0.25) is 0 Å². The smallest absolute Gasteiger partial charge is 0.267 e. The molecule has 29 heavy (non-hydrogen) atoms. The van der Waals surface area contributed by atoms with E-state index in [2.05, 4.69) is 48.7 Å². The van der Waals surface area contributed by atoms with Gasteiger partial charge in [-0.25, -0.2) is 19.9 Å². The van der Waals surface area contributed by atoms with Crippen LogP contribution in [0.5, 0.6) is 0 Å². The van der Waals surface area contributed by atoms with Gasteiger partial charge in [-0.05, 0) is 39.0 Å². The Hall–Kier alpha value is -3.88. The van der Waals surface area contributed by atoms with E-state index < -0.39 is 5.91 Å². The molecule has 0 fully saturated rings. The topological polar surface area (TPSA) is 124 Å². The zero-order valence-corrected chi connectivity index (χ0v) is 16.3. The van der Waals surface area contributed by atoms with Crippen LogP contribution in [0.15, 0.2) is 42.9 Å². The fraction of sp³-hybridized carbons (Fsp3) is 0.200. The molecule has 0 aliphatic carbocycles. The summed E-state index contributed by atoms with van der Waals surface area (Å²) < 4.78 is 2.17. The molecule has 0 atom stereocenters. The first kappa shape index (κ1) is 18.5. The molecular formula is C20H20N8O. The van der Waals surface area contributed by atoms with Crippen LogP contribution in [-0.2, 0) is 0 Å². The number of fused-ring (bicyclic) bond motifs is 1. The number of imidazole rings is 1. The molecular weight excluding hydrogens is 368 g/mol. The summed E-state index contributed by atoms with van der Waals surface area (Å²) in [6.07, 6.45) is 4.92. The second-order valence-corrected chi connectivity index (χ2v) is 6.87. The minimum atomic E-state index is -0.578. The molecule has 9 heteroatoms. The van der Waals surface area contributed by atoms with Crippen molar-refractivity contribution in [3.63, 3.8) is 0 Å². The highest BCUT2D eigenvalue weighted by Crippen LogP contribution is 2.24. The third kappa shape index (κ3) is 3.62. The standard InChI is InChI=1S/C20H20N8O/c1-11(2)28-12(3)25-15-10-24-18(8-16(15)28)26-17-6-7-22-20(27-17)13-4-5-14(19(21)29)23-9-13/h4-11H,1-3H3,(H2,21,29)(H,22,24,26,27). The zero-order valence-electron chi connectivity index (χ0n) is 16.3. The maximum atomic E-state index is 11.2. The molecule has 0 aliphatic heterocycles. The molecule has 4 heterocycles. The van der Waals surface area contributed by atoms with Gasteiger partial charge in [-0.2, -0.15) is 0 Å². The fourth-order valence-electron chi connectivity index (χ4n) is 3.21. The molecule has 4 aromatic heterocycles. The molecule has 0 spiro atoms. The van der Waals surface area contributed by atoms with Crippen LogP contribution >= 0.6 is 0 Å². The number of nitrogens with zero attached hydrogens (tertiary/aromatic N) is 6. The van der Waals surface area contributed by atoms with E-state index in [9.17, 15) is 4.79 Å². The van der Waals surface area contributed by atoms with E-state index in [1.54, 1.807) is 30.6 Å². The molecule has 0 unspecified atom stereocenters. The van der Waals surface area contributed by atoms with Crippen molar-refractivity contribution in [2.45, 2.75) is 26.8 Å². The summed E-state index contributed by atoms with van der Waals surface area (Å²) in [5.74, 6) is 2.09. The Morgan fingerprint density at radius 1 is 1.07 bits per heavy atom. The van der Waals surface area contributed by atoms with E-state index in [4.69, 9.17) is 5.73 Å². The number of nitrogens with one attached hydrogen (secondary N) is 1. The van der Waals surface area contributed by atoms with Gasteiger partial charge in [0.15, 0.2) is 5.82 Å². The average molecular weight is 388 g/mol. The largest absolute Gasteiger partial charge is 0.364 e. The quantitative estimate of drug-likeness (QED) is 0.538. The summed E-state index contributed by atoms with van der Waals surface area (Å²) in [4.78, 5) is 33.0. The first-order chi connectivity index (χ1) is 13.9. The van der Waals surface area contributed by atoms with Gasteiger partial charge in [0.25, 0.3) is 5.91 Å². The predicted octanol–water partition coefficient (Wildman–Crippen LogP) is 3.02. The monoisotopic (exact) mass is 388 g/mol. The van der Waals surface area contributed by atoms with Crippen molar-refractivity contribution in [1.82, 2.24) is 29.5 Å². The van der Waals surface area contributed by atoms with Crippen LogP contribution in [0.3, 0.4) is 0 Å². The summed E-state index contributed by atoms with van der Waals surface area (Å²) in [5, 5.41) is 3.21. The number of anilines is 2.